The maximum Gasteiger partial charge on any atom is 0.0991 e. The SMILES string of the molecule is N#Cc1ccc(-c2ccc(-c3ccc4cc(-c5cccc6cccnc56)ccc4c3)c3ccccc23)cc1. The zero-order valence-electron chi connectivity index (χ0n) is 20.6. The van der Waals surface area contributed by atoms with Gasteiger partial charge in [0.2, 0.25) is 0 Å². The zero-order chi connectivity index (χ0) is 25.5. The third-order valence-corrected chi connectivity index (χ3v) is 7.34. The van der Waals surface area contributed by atoms with Crippen LogP contribution in [0.5, 0.6) is 0 Å². The number of nitrogens with zero attached hydrogens (tertiary/aromatic N) is 2. The predicted octanol–water partition coefficient (Wildman–Crippen LogP) is 9.41. The normalized spacial score (nSPS) is 11.1. The van der Waals surface area contributed by atoms with Crippen LogP contribution in [0.4, 0.5) is 0 Å². The van der Waals surface area contributed by atoms with Crippen LogP contribution in [0.15, 0.2) is 134 Å². The van der Waals surface area contributed by atoms with Crippen LogP contribution >= 0.6 is 0 Å². The molecule has 0 aliphatic rings. The molecule has 176 valence electrons. The molecule has 6 aromatic carbocycles. The lowest BCUT2D eigenvalue weighted by atomic mass is 9.91. The van der Waals surface area contributed by atoms with Gasteiger partial charge in [0.1, 0.15) is 0 Å². The molecule has 0 saturated heterocycles. The topological polar surface area (TPSA) is 36.7 Å². The molecule has 0 aliphatic carbocycles. The molecule has 0 atom stereocenters. The number of pyridine rings is 1. The summed E-state index contributed by atoms with van der Waals surface area (Å²) < 4.78 is 0. The van der Waals surface area contributed by atoms with Crippen LogP contribution in [0.3, 0.4) is 0 Å². The van der Waals surface area contributed by atoms with E-state index in [1.807, 2.05) is 36.5 Å². The van der Waals surface area contributed by atoms with Crippen molar-refractivity contribution in [3.63, 3.8) is 0 Å². The molecule has 2 nitrogen and oxygen atoms in total. The number of benzene rings is 6. The molecular formula is C36H22N2. The minimum Gasteiger partial charge on any atom is -0.256 e. The van der Waals surface area contributed by atoms with Crippen LogP contribution in [0.25, 0.3) is 65.8 Å². The number of fused-ring (bicyclic) bond motifs is 3. The third-order valence-electron chi connectivity index (χ3n) is 7.34. The Morgan fingerprint density at radius 3 is 1.76 bits per heavy atom. The Labute approximate surface area is 221 Å². The fourth-order valence-corrected chi connectivity index (χ4v) is 5.44. The molecule has 0 fully saturated rings. The van der Waals surface area contributed by atoms with Crippen LogP contribution in [0.1, 0.15) is 5.56 Å². The Hall–Kier alpha value is -5.26. The van der Waals surface area contributed by atoms with Crippen molar-refractivity contribution in [2.75, 3.05) is 0 Å². The van der Waals surface area contributed by atoms with E-state index >= 15 is 0 Å². The summed E-state index contributed by atoms with van der Waals surface area (Å²) in [5, 5.41) is 15.2. The van der Waals surface area contributed by atoms with Crippen LogP contribution < -0.4 is 0 Å². The maximum atomic E-state index is 9.17. The van der Waals surface area contributed by atoms with E-state index < -0.39 is 0 Å². The average molecular weight is 483 g/mol. The highest BCUT2D eigenvalue weighted by Crippen LogP contribution is 2.37. The van der Waals surface area contributed by atoms with Crippen LogP contribution in [-0.2, 0) is 0 Å². The van der Waals surface area contributed by atoms with Gasteiger partial charge in [-0.2, -0.15) is 5.26 Å². The van der Waals surface area contributed by atoms with Crippen molar-refractivity contribution in [1.29, 1.82) is 5.26 Å². The van der Waals surface area contributed by atoms with E-state index in [1.54, 1.807) is 0 Å². The van der Waals surface area contributed by atoms with Gasteiger partial charge in [0.15, 0.2) is 0 Å². The monoisotopic (exact) mass is 482 g/mol. The second-order valence-corrected chi connectivity index (χ2v) is 9.55. The van der Waals surface area contributed by atoms with Gasteiger partial charge in [0.05, 0.1) is 17.1 Å². The molecule has 1 heterocycles. The van der Waals surface area contributed by atoms with Crippen molar-refractivity contribution in [3.05, 3.63) is 139 Å². The van der Waals surface area contributed by atoms with E-state index in [4.69, 9.17) is 0 Å². The summed E-state index contributed by atoms with van der Waals surface area (Å²) in [6.45, 7) is 0. The van der Waals surface area contributed by atoms with Gasteiger partial charge in [0, 0.05) is 17.1 Å². The van der Waals surface area contributed by atoms with Crippen molar-refractivity contribution in [2.45, 2.75) is 0 Å². The quantitative estimate of drug-likeness (QED) is 0.251. The Morgan fingerprint density at radius 1 is 0.474 bits per heavy atom. The first-order chi connectivity index (χ1) is 18.8. The lowest BCUT2D eigenvalue weighted by Crippen LogP contribution is -1.87. The third kappa shape index (κ3) is 3.70. The summed E-state index contributed by atoms with van der Waals surface area (Å²) in [7, 11) is 0. The standard InChI is InChI=1S/C36H22N2/c37-23-24-10-12-25(13-11-24)31-18-19-32(35-8-2-1-7-34(31)35)29-16-14-28-22-30(17-15-27(28)21-29)33-9-3-5-26-6-4-20-38-36(26)33/h1-22H. The average Bonchev–Trinajstić information content (AvgIpc) is 3.00. The molecule has 0 amide bonds. The Kier molecular flexibility index (Phi) is 5.20. The van der Waals surface area contributed by atoms with Gasteiger partial charge in [-0.15, -0.1) is 0 Å². The van der Waals surface area contributed by atoms with E-state index in [2.05, 4.69) is 108 Å². The van der Waals surface area contributed by atoms with E-state index in [0.717, 1.165) is 22.0 Å². The lowest BCUT2D eigenvalue weighted by molar-refractivity contribution is 1.41. The zero-order valence-corrected chi connectivity index (χ0v) is 20.6. The number of aromatic nitrogens is 1. The molecule has 7 rings (SSSR count). The second-order valence-electron chi connectivity index (χ2n) is 9.55. The van der Waals surface area contributed by atoms with Crippen LogP contribution in [-0.4, -0.2) is 4.98 Å². The number of hydrogen-bond donors (Lipinski definition) is 0. The fourth-order valence-electron chi connectivity index (χ4n) is 5.44. The van der Waals surface area contributed by atoms with Gasteiger partial charge in [-0.25, -0.2) is 0 Å². The molecule has 38 heavy (non-hydrogen) atoms. The molecule has 7 aromatic rings. The second kappa shape index (κ2) is 9.00. The molecule has 0 unspecified atom stereocenters. The van der Waals surface area contributed by atoms with Gasteiger partial charge in [0.25, 0.3) is 0 Å². The van der Waals surface area contributed by atoms with Gasteiger partial charge in [-0.1, -0.05) is 97.1 Å². The minimum atomic E-state index is 0.672. The van der Waals surface area contributed by atoms with Crippen molar-refractivity contribution in [2.24, 2.45) is 0 Å². The molecular weight excluding hydrogens is 460 g/mol. The fraction of sp³-hybridized carbons (Fsp3) is 0. The Balaban J connectivity index is 1.32. The van der Waals surface area contributed by atoms with Crippen molar-refractivity contribution in [3.8, 4) is 39.4 Å². The van der Waals surface area contributed by atoms with Crippen molar-refractivity contribution >= 4 is 32.4 Å². The highest BCUT2D eigenvalue weighted by atomic mass is 14.6. The molecule has 0 spiro atoms. The van der Waals surface area contributed by atoms with Gasteiger partial charge in [-0.05, 0) is 79.7 Å². The lowest BCUT2D eigenvalue weighted by Gasteiger charge is -2.13. The van der Waals surface area contributed by atoms with Gasteiger partial charge < -0.3 is 0 Å². The van der Waals surface area contributed by atoms with Crippen molar-refractivity contribution in [1.82, 2.24) is 4.98 Å². The molecule has 0 bridgehead atoms. The van der Waals surface area contributed by atoms with E-state index in [0.29, 0.717) is 5.56 Å². The largest absolute Gasteiger partial charge is 0.256 e. The summed E-state index contributed by atoms with van der Waals surface area (Å²) in [5.41, 5.74) is 8.71. The number of hydrogen-bond acceptors (Lipinski definition) is 2. The van der Waals surface area contributed by atoms with E-state index in [-0.39, 0.29) is 0 Å². The smallest absolute Gasteiger partial charge is 0.0991 e. The molecule has 1 aromatic heterocycles. The van der Waals surface area contributed by atoms with Crippen molar-refractivity contribution < 1.29 is 0 Å². The highest BCUT2D eigenvalue weighted by molar-refractivity contribution is 6.06. The number of nitriles is 1. The first-order valence-corrected chi connectivity index (χ1v) is 12.7. The van der Waals surface area contributed by atoms with Crippen LogP contribution in [0, 0.1) is 11.3 Å². The summed E-state index contributed by atoms with van der Waals surface area (Å²) in [6, 6.07) is 46.8. The molecule has 0 saturated carbocycles. The van der Waals surface area contributed by atoms with Gasteiger partial charge >= 0.3 is 0 Å². The summed E-state index contributed by atoms with van der Waals surface area (Å²) in [6.07, 6.45) is 1.86. The first-order valence-electron chi connectivity index (χ1n) is 12.7. The number of rotatable bonds is 3. The van der Waals surface area contributed by atoms with Crippen LogP contribution in [0.2, 0.25) is 0 Å². The molecule has 0 N–H and O–H groups in total. The molecule has 0 radical (unpaired) electrons. The summed E-state index contributed by atoms with van der Waals surface area (Å²) in [5.74, 6) is 0. The molecule has 0 aliphatic heterocycles. The number of para-hydroxylation sites is 1. The summed E-state index contributed by atoms with van der Waals surface area (Å²) in [4.78, 5) is 4.64. The Morgan fingerprint density at radius 2 is 1.08 bits per heavy atom. The van der Waals surface area contributed by atoms with Gasteiger partial charge in [-0.3, -0.25) is 4.98 Å². The minimum absolute atomic E-state index is 0.672. The Bertz CT molecular complexity index is 2020. The van der Waals surface area contributed by atoms with E-state index in [1.165, 1.54) is 43.8 Å². The first kappa shape index (κ1) is 22.0. The maximum absolute atomic E-state index is 9.17. The molecule has 2 heteroatoms. The highest BCUT2D eigenvalue weighted by Gasteiger charge is 2.11. The van der Waals surface area contributed by atoms with E-state index in [9.17, 15) is 5.26 Å². The summed E-state index contributed by atoms with van der Waals surface area (Å²) >= 11 is 0. The predicted molar refractivity (Wildman–Crippen MR) is 158 cm³/mol.